The maximum absolute atomic E-state index is 12.5. The van der Waals surface area contributed by atoms with Crippen LogP contribution in [0.1, 0.15) is 23.1 Å². The standard InChI is InChI=1S/C25H28N4O3/c1-17-7-9-21(10-8-17)29-16-20(24(27-29)19-6-4-5-18(2)13-19)15-28-12-11-26-25(31)22(28)14-23(30)32-3/h4-10,13,16,22H,11-12,14-15H2,1-3H3,(H,26,31)/t22-/m1/s1. The maximum Gasteiger partial charge on any atom is 0.307 e. The zero-order valence-electron chi connectivity index (χ0n) is 18.7. The van der Waals surface area contributed by atoms with Gasteiger partial charge < -0.3 is 10.1 Å². The molecule has 4 rings (SSSR count). The monoisotopic (exact) mass is 432 g/mol. The fraction of sp³-hybridized carbons (Fsp3) is 0.320. The zero-order chi connectivity index (χ0) is 22.7. The smallest absolute Gasteiger partial charge is 0.307 e. The van der Waals surface area contributed by atoms with Crippen molar-refractivity contribution in [1.82, 2.24) is 20.0 Å². The summed E-state index contributed by atoms with van der Waals surface area (Å²) < 4.78 is 6.70. The molecule has 166 valence electrons. The van der Waals surface area contributed by atoms with Crippen LogP contribution in [0.25, 0.3) is 16.9 Å². The molecular weight excluding hydrogens is 404 g/mol. The molecule has 32 heavy (non-hydrogen) atoms. The van der Waals surface area contributed by atoms with Gasteiger partial charge in [-0.1, -0.05) is 41.5 Å². The molecule has 1 fully saturated rings. The third-order valence-corrected chi connectivity index (χ3v) is 5.78. The first-order valence-electron chi connectivity index (χ1n) is 10.8. The molecule has 0 aliphatic carbocycles. The molecule has 1 amide bonds. The van der Waals surface area contributed by atoms with Crippen molar-refractivity contribution in [2.24, 2.45) is 0 Å². The fourth-order valence-corrected chi connectivity index (χ4v) is 4.02. The van der Waals surface area contributed by atoms with Crippen molar-refractivity contribution in [3.8, 4) is 16.9 Å². The first kappa shape index (κ1) is 21.8. The molecular formula is C25H28N4O3. The van der Waals surface area contributed by atoms with Crippen molar-refractivity contribution in [3.63, 3.8) is 0 Å². The molecule has 2 heterocycles. The van der Waals surface area contributed by atoms with E-state index in [1.54, 1.807) is 0 Å². The number of hydrogen-bond acceptors (Lipinski definition) is 5. The van der Waals surface area contributed by atoms with E-state index in [2.05, 4.69) is 43.4 Å². The van der Waals surface area contributed by atoms with Crippen LogP contribution < -0.4 is 5.32 Å². The van der Waals surface area contributed by atoms with Crippen LogP contribution in [-0.2, 0) is 20.9 Å². The van der Waals surface area contributed by atoms with Gasteiger partial charge >= 0.3 is 5.97 Å². The number of ether oxygens (including phenoxy) is 1. The van der Waals surface area contributed by atoms with Gasteiger partial charge in [-0.25, -0.2) is 4.68 Å². The molecule has 1 N–H and O–H groups in total. The second kappa shape index (κ2) is 9.36. The highest BCUT2D eigenvalue weighted by molar-refractivity contribution is 5.87. The van der Waals surface area contributed by atoms with Gasteiger partial charge in [0, 0.05) is 37.0 Å². The second-order valence-corrected chi connectivity index (χ2v) is 8.21. The van der Waals surface area contributed by atoms with Crippen LogP contribution >= 0.6 is 0 Å². The predicted octanol–water partition coefficient (Wildman–Crippen LogP) is 3.02. The van der Waals surface area contributed by atoms with E-state index in [0.29, 0.717) is 19.6 Å². The van der Waals surface area contributed by atoms with Gasteiger partial charge in [-0.2, -0.15) is 5.10 Å². The number of benzene rings is 2. The molecule has 0 radical (unpaired) electrons. The van der Waals surface area contributed by atoms with Crippen molar-refractivity contribution in [2.45, 2.75) is 32.9 Å². The van der Waals surface area contributed by atoms with E-state index >= 15 is 0 Å². The van der Waals surface area contributed by atoms with Crippen LogP contribution in [0.2, 0.25) is 0 Å². The third kappa shape index (κ3) is 4.73. The van der Waals surface area contributed by atoms with Crippen molar-refractivity contribution >= 4 is 11.9 Å². The number of methoxy groups -OCH3 is 1. The lowest BCUT2D eigenvalue weighted by Crippen LogP contribution is -2.55. The van der Waals surface area contributed by atoms with Crippen molar-refractivity contribution < 1.29 is 14.3 Å². The number of aryl methyl sites for hydroxylation is 2. The minimum atomic E-state index is -0.565. The molecule has 3 aromatic rings. The fourth-order valence-electron chi connectivity index (χ4n) is 4.02. The molecule has 1 aromatic heterocycles. The van der Waals surface area contributed by atoms with Gasteiger partial charge in [-0.15, -0.1) is 0 Å². The highest BCUT2D eigenvalue weighted by atomic mass is 16.5. The normalized spacial score (nSPS) is 16.6. The van der Waals surface area contributed by atoms with Gasteiger partial charge in [0.05, 0.1) is 24.9 Å². The minimum absolute atomic E-state index is 0.0220. The summed E-state index contributed by atoms with van der Waals surface area (Å²) in [6, 6.07) is 15.9. The summed E-state index contributed by atoms with van der Waals surface area (Å²) >= 11 is 0. The topological polar surface area (TPSA) is 76.5 Å². The summed E-state index contributed by atoms with van der Waals surface area (Å²) in [4.78, 5) is 26.5. The third-order valence-electron chi connectivity index (χ3n) is 5.78. The molecule has 1 saturated heterocycles. The summed E-state index contributed by atoms with van der Waals surface area (Å²) in [5.41, 5.74) is 6.21. The Morgan fingerprint density at radius 1 is 1.16 bits per heavy atom. The number of nitrogens with zero attached hydrogens (tertiary/aromatic N) is 3. The summed E-state index contributed by atoms with van der Waals surface area (Å²) in [7, 11) is 1.34. The highest BCUT2D eigenvalue weighted by Gasteiger charge is 2.32. The van der Waals surface area contributed by atoms with E-state index in [0.717, 1.165) is 28.1 Å². The molecule has 0 unspecified atom stereocenters. The molecule has 0 saturated carbocycles. The number of carbonyl (C=O) groups excluding carboxylic acids is 2. The SMILES string of the molecule is COC(=O)C[C@@H]1C(=O)NCCN1Cc1cn(-c2ccc(C)cc2)nc1-c1cccc(C)c1. The maximum atomic E-state index is 12.5. The Morgan fingerprint density at radius 2 is 1.94 bits per heavy atom. The van der Waals surface area contributed by atoms with Gasteiger partial charge in [0.15, 0.2) is 0 Å². The first-order chi connectivity index (χ1) is 15.4. The Bertz CT molecular complexity index is 1120. The van der Waals surface area contributed by atoms with Crippen molar-refractivity contribution in [2.75, 3.05) is 20.2 Å². The predicted molar refractivity (Wildman–Crippen MR) is 122 cm³/mol. The summed E-state index contributed by atoms with van der Waals surface area (Å²) in [5, 5.41) is 7.76. The molecule has 1 aliphatic rings. The Balaban J connectivity index is 1.72. The Morgan fingerprint density at radius 3 is 2.66 bits per heavy atom. The summed E-state index contributed by atoms with van der Waals surface area (Å²) in [5.74, 6) is -0.545. The molecule has 1 aliphatic heterocycles. The Labute approximate surface area is 188 Å². The Kier molecular flexibility index (Phi) is 6.37. The van der Waals surface area contributed by atoms with E-state index in [9.17, 15) is 9.59 Å². The molecule has 7 nitrogen and oxygen atoms in total. The Hall–Kier alpha value is -3.45. The lowest BCUT2D eigenvalue weighted by molar-refractivity contribution is -0.146. The molecule has 2 aromatic carbocycles. The van der Waals surface area contributed by atoms with E-state index < -0.39 is 12.0 Å². The number of amides is 1. The van der Waals surface area contributed by atoms with E-state index in [-0.39, 0.29) is 12.3 Å². The number of hydrogen-bond donors (Lipinski definition) is 1. The van der Waals surface area contributed by atoms with Gasteiger partial charge in [-0.3, -0.25) is 14.5 Å². The molecule has 0 spiro atoms. The number of aromatic nitrogens is 2. The average molecular weight is 433 g/mol. The largest absolute Gasteiger partial charge is 0.469 e. The number of nitrogens with one attached hydrogen (secondary N) is 1. The molecule has 1 atom stereocenters. The number of rotatable bonds is 6. The van der Waals surface area contributed by atoms with Crippen molar-refractivity contribution in [3.05, 3.63) is 71.4 Å². The van der Waals surface area contributed by atoms with Crippen LogP contribution in [0.5, 0.6) is 0 Å². The van der Waals surface area contributed by atoms with Crippen LogP contribution in [0, 0.1) is 13.8 Å². The van der Waals surface area contributed by atoms with Gasteiger partial charge in [0.25, 0.3) is 0 Å². The highest BCUT2D eigenvalue weighted by Crippen LogP contribution is 2.27. The minimum Gasteiger partial charge on any atom is -0.469 e. The number of esters is 1. The number of carbonyl (C=O) groups is 2. The first-order valence-corrected chi connectivity index (χ1v) is 10.8. The van der Waals surface area contributed by atoms with Crippen LogP contribution in [-0.4, -0.2) is 52.8 Å². The number of piperazine rings is 1. The lowest BCUT2D eigenvalue weighted by Gasteiger charge is -2.34. The van der Waals surface area contributed by atoms with Crippen LogP contribution in [0.15, 0.2) is 54.7 Å². The second-order valence-electron chi connectivity index (χ2n) is 8.21. The van der Waals surface area contributed by atoms with E-state index in [1.165, 1.54) is 12.7 Å². The van der Waals surface area contributed by atoms with E-state index in [4.69, 9.17) is 9.84 Å². The summed E-state index contributed by atoms with van der Waals surface area (Å²) in [6.45, 7) is 5.81. The van der Waals surface area contributed by atoms with Gasteiger partial charge in [-0.05, 0) is 32.0 Å². The molecule has 7 heteroatoms. The van der Waals surface area contributed by atoms with Gasteiger partial charge in [0.1, 0.15) is 6.04 Å². The summed E-state index contributed by atoms with van der Waals surface area (Å²) in [6.07, 6.45) is 2.04. The van der Waals surface area contributed by atoms with E-state index in [1.807, 2.05) is 40.0 Å². The van der Waals surface area contributed by atoms with Crippen LogP contribution in [0.4, 0.5) is 0 Å². The zero-order valence-corrected chi connectivity index (χ0v) is 18.7. The molecule has 0 bridgehead atoms. The average Bonchev–Trinajstić information content (AvgIpc) is 3.20. The quantitative estimate of drug-likeness (QED) is 0.606. The van der Waals surface area contributed by atoms with Crippen LogP contribution in [0.3, 0.4) is 0 Å². The van der Waals surface area contributed by atoms with Crippen molar-refractivity contribution in [1.29, 1.82) is 0 Å². The van der Waals surface area contributed by atoms with Gasteiger partial charge in [0.2, 0.25) is 5.91 Å². The lowest BCUT2D eigenvalue weighted by atomic mass is 10.0.